The van der Waals surface area contributed by atoms with Gasteiger partial charge in [-0.25, -0.2) is 0 Å². The van der Waals surface area contributed by atoms with Crippen LogP contribution in [0.5, 0.6) is 0 Å². The molecule has 6 heteroatoms. The molecule has 1 aliphatic rings. The second-order valence-corrected chi connectivity index (χ2v) is 6.87. The minimum Gasteiger partial charge on any atom is -0.377 e. The normalized spacial score (nSPS) is 17.0. The summed E-state index contributed by atoms with van der Waals surface area (Å²) in [6.45, 7) is 8.25. The molecule has 1 N–H and O–H groups in total. The summed E-state index contributed by atoms with van der Waals surface area (Å²) in [4.78, 5) is 27.4. The molecule has 2 amide bonds. The van der Waals surface area contributed by atoms with E-state index in [2.05, 4.69) is 16.8 Å². The van der Waals surface area contributed by atoms with Crippen LogP contribution in [0.4, 0.5) is 5.69 Å². The number of morpholine rings is 1. The molecule has 1 aromatic heterocycles. The van der Waals surface area contributed by atoms with Gasteiger partial charge >= 0.3 is 0 Å². The van der Waals surface area contributed by atoms with Crippen LogP contribution in [-0.2, 0) is 16.1 Å². The number of ether oxygens (including phenoxy) is 1. The summed E-state index contributed by atoms with van der Waals surface area (Å²) in [5.74, 6) is -0.142. The summed E-state index contributed by atoms with van der Waals surface area (Å²) in [6, 6.07) is 11.0. The highest BCUT2D eigenvalue weighted by molar-refractivity contribution is 5.97. The van der Waals surface area contributed by atoms with Gasteiger partial charge in [-0.1, -0.05) is 18.2 Å². The average molecular weight is 369 g/mol. The van der Waals surface area contributed by atoms with Crippen LogP contribution in [0.15, 0.2) is 36.4 Å². The van der Waals surface area contributed by atoms with Gasteiger partial charge < -0.3 is 19.5 Å². The van der Waals surface area contributed by atoms with Crippen molar-refractivity contribution in [3.8, 4) is 0 Å². The topological polar surface area (TPSA) is 63.6 Å². The number of anilines is 1. The Hall–Kier alpha value is -2.60. The summed E-state index contributed by atoms with van der Waals surface area (Å²) in [5.41, 5.74) is 3.51. The van der Waals surface area contributed by atoms with Crippen LogP contribution in [0, 0.1) is 13.8 Å². The third-order valence-corrected chi connectivity index (χ3v) is 5.09. The number of amides is 2. The Kier molecular flexibility index (Phi) is 5.96. The lowest BCUT2D eigenvalue weighted by Gasteiger charge is -2.35. The van der Waals surface area contributed by atoms with Crippen molar-refractivity contribution in [2.24, 2.45) is 0 Å². The Morgan fingerprint density at radius 1 is 1.22 bits per heavy atom. The monoisotopic (exact) mass is 369 g/mol. The molecule has 0 radical (unpaired) electrons. The van der Waals surface area contributed by atoms with Crippen LogP contribution >= 0.6 is 0 Å². The van der Waals surface area contributed by atoms with Crippen molar-refractivity contribution >= 4 is 17.5 Å². The first-order chi connectivity index (χ1) is 13.0. The number of carbonyl (C=O) groups is 2. The number of hydrogen-bond donors (Lipinski definition) is 1. The zero-order chi connectivity index (χ0) is 19.4. The number of para-hydroxylation sites is 1. The lowest BCUT2D eigenvalue weighted by atomic mass is 10.1. The Labute approximate surface area is 160 Å². The van der Waals surface area contributed by atoms with E-state index in [9.17, 15) is 9.59 Å². The van der Waals surface area contributed by atoms with Gasteiger partial charge in [0.1, 0.15) is 0 Å². The highest BCUT2D eigenvalue weighted by Gasteiger charge is 2.31. The summed E-state index contributed by atoms with van der Waals surface area (Å²) in [5, 5.41) is 2.89. The molecule has 1 aliphatic heterocycles. The molecule has 2 heterocycles. The maximum Gasteiger partial charge on any atom is 0.256 e. The molecule has 1 saturated heterocycles. The van der Waals surface area contributed by atoms with E-state index in [1.807, 2.05) is 50.2 Å². The number of hydrogen-bond acceptors (Lipinski definition) is 3. The molecule has 1 atom stereocenters. The Balaban J connectivity index is 1.73. The van der Waals surface area contributed by atoms with Gasteiger partial charge in [-0.05, 0) is 39.0 Å². The van der Waals surface area contributed by atoms with Gasteiger partial charge in [0.05, 0.1) is 24.8 Å². The summed E-state index contributed by atoms with van der Waals surface area (Å²) >= 11 is 0. The van der Waals surface area contributed by atoms with Gasteiger partial charge in [0.15, 0.2) is 0 Å². The van der Waals surface area contributed by atoms with Crippen LogP contribution < -0.4 is 5.32 Å². The first-order valence-corrected chi connectivity index (χ1v) is 9.41. The smallest absolute Gasteiger partial charge is 0.256 e. The molecule has 2 aromatic rings. The van der Waals surface area contributed by atoms with Crippen LogP contribution in [0.2, 0.25) is 0 Å². The zero-order valence-electron chi connectivity index (χ0n) is 16.2. The number of carbonyl (C=O) groups excluding carboxylic acids is 2. The summed E-state index contributed by atoms with van der Waals surface area (Å²) in [7, 11) is 0. The largest absolute Gasteiger partial charge is 0.377 e. The Morgan fingerprint density at radius 3 is 2.63 bits per heavy atom. The molecule has 0 aliphatic carbocycles. The highest BCUT2D eigenvalue weighted by atomic mass is 16.5. The van der Waals surface area contributed by atoms with Crippen molar-refractivity contribution in [3.63, 3.8) is 0 Å². The highest BCUT2D eigenvalue weighted by Crippen LogP contribution is 2.21. The molecule has 144 valence electrons. The minimum atomic E-state index is -0.264. The summed E-state index contributed by atoms with van der Waals surface area (Å²) in [6.07, 6.45) is 0.215. The molecule has 0 saturated carbocycles. The second-order valence-electron chi connectivity index (χ2n) is 6.87. The predicted octanol–water partition coefficient (Wildman–Crippen LogP) is 2.99. The van der Waals surface area contributed by atoms with Crippen LogP contribution in [-0.4, -0.2) is 47.1 Å². The number of nitrogens with one attached hydrogen (secondary N) is 1. The van der Waals surface area contributed by atoms with Gasteiger partial charge in [0.25, 0.3) is 5.91 Å². The van der Waals surface area contributed by atoms with Crippen molar-refractivity contribution in [2.45, 2.75) is 39.8 Å². The van der Waals surface area contributed by atoms with E-state index >= 15 is 0 Å². The molecule has 3 rings (SSSR count). The molecule has 1 aromatic carbocycles. The molecular formula is C21H27N3O3. The lowest BCUT2D eigenvalue weighted by Crippen LogP contribution is -2.50. The van der Waals surface area contributed by atoms with E-state index in [1.54, 1.807) is 4.90 Å². The lowest BCUT2D eigenvalue weighted by molar-refractivity contribution is -0.118. The van der Waals surface area contributed by atoms with E-state index < -0.39 is 0 Å². The van der Waals surface area contributed by atoms with E-state index in [0.29, 0.717) is 25.3 Å². The van der Waals surface area contributed by atoms with Crippen LogP contribution in [0.25, 0.3) is 0 Å². The molecule has 0 unspecified atom stereocenters. The van der Waals surface area contributed by atoms with E-state index in [4.69, 9.17) is 4.74 Å². The summed E-state index contributed by atoms with van der Waals surface area (Å²) < 4.78 is 7.68. The molecule has 0 spiro atoms. The van der Waals surface area contributed by atoms with E-state index in [1.165, 1.54) is 0 Å². The van der Waals surface area contributed by atoms with Crippen molar-refractivity contribution in [2.75, 3.05) is 25.1 Å². The third-order valence-electron chi connectivity index (χ3n) is 5.09. The van der Waals surface area contributed by atoms with Gasteiger partial charge in [-0.3, -0.25) is 9.59 Å². The van der Waals surface area contributed by atoms with Crippen molar-refractivity contribution in [1.82, 2.24) is 9.47 Å². The average Bonchev–Trinajstić information content (AvgIpc) is 2.96. The SMILES string of the molecule is CCn1c(C)cc(C(=O)N2CCOC[C@H]2CC(=O)Nc2ccccc2)c1C. The van der Waals surface area contributed by atoms with Crippen LogP contribution in [0.3, 0.4) is 0 Å². The number of rotatable bonds is 5. The van der Waals surface area contributed by atoms with Crippen molar-refractivity contribution in [1.29, 1.82) is 0 Å². The third kappa shape index (κ3) is 4.22. The van der Waals surface area contributed by atoms with E-state index in [-0.39, 0.29) is 24.3 Å². The minimum absolute atomic E-state index is 0.0244. The number of nitrogens with zero attached hydrogens (tertiary/aromatic N) is 2. The maximum atomic E-state index is 13.2. The predicted molar refractivity (Wildman–Crippen MR) is 105 cm³/mol. The van der Waals surface area contributed by atoms with Gasteiger partial charge in [-0.2, -0.15) is 0 Å². The Bertz CT molecular complexity index is 814. The number of benzene rings is 1. The molecule has 1 fully saturated rings. The zero-order valence-corrected chi connectivity index (χ0v) is 16.2. The van der Waals surface area contributed by atoms with Gasteiger partial charge in [-0.15, -0.1) is 0 Å². The molecule has 27 heavy (non-hydrogen) atoms. The standard InChI is InChI=1S/C21H27N3O3/c1-4-23-15(2)12-19(16(23)3)21(26)24-10-11-27-14-18(24)13-20(25)22-17-8-6-5-7-9-17/h5-9,12,18H,4,10-11,13-14H2,1-3H3,(H,22,25)/t18-/m1/s1. The maximum absolute atomic E-state index is 13.2. The first kappa shape index (κ1) is 19.2. The fraction of sp³-hybridized carbons (Fsp3) is 0.429. The molecule has 6 nitrogen and oxygen atoms in total. The van der Waals surface area contributed by atoms with Gasteiger partial charge in [0.2, 0.25) is 5.91 Å². The second kappa shape index (κ2) is 8.39. The van der Waals surface area contributed by atoms with Gasteiger partial charge in [0, 0.05) is 36.6 Å². The van der Waals surface area contributed by atoms with Crippen molar-refractivity contribution < 1.29 is 14.3 Å². The first-order valence-electron chi connectivity index (χ1n) is 9.41. The molecule has 0 bridgehead atoms. The fourth-order valence-corrected chi connectivity index (χ4v) is 3.70. The quantitative estimate of drug-likeness (QED) is 0.881. The van der Waals surface area contributed by atoms with Crippen molar-refractivity contribution in [3.05, 3.63) is 53.3 Å². The van der Waals surface area contributed by atoms with E-state index in [0.717, 1.165) is 23.6 Å². The Morgan fingerprint density at radius 2 is 1.96 bits per heavy atom. The fourth-order valence-electron chi connectivity index (χ4n) is 3.70. The number of aryl methyl sites for hydroxylation is 1. The van der Waals surface area contributed by atoms with Crippen LogP contribution in [0.1, 0.15) is 35.1 Å². The molecular weight excluding hydrogens is 342 g/mol. The number of aromatic nitrogens is 1.